The normalized spacial score (nSPS) is 16.1. The molecule has 1 aromatic carbocycles. The Morgan fingerprint density at radius 2 is 1.76 bits per heavy atom. The van der Waals surface area contributed by atoms with E-state index in [4.69, 9.17) is 4.74 Å². The molecule has 1 aliphatic rings. The summed E-state index contributed by atoms with van der Waals surface area (Å²) < 4.78 is 45.6. The Morgan fingerprint density at radius 1 is 1.12 bits per heavy atom. The molecule has 25 heavy (non-hydrogen) atoms. The Bertz CT molecular complexity index is 541. The average molecular weight is 360 g/mol. The highest BCUT2D eigenvalue weighted by Gasteiger charge is 2.27. The van der Waals surface area contributed by atoms with E-state index < -0.39 is 12.8 Å². The van der Waals surface area contributed by atoms with Crippen LogP contribution in [0.1, 0.15) is 16.8 Å². The summed E-state index contributed by atoms with van der Waals surface area (Å²) in [5, 5.41) is 0. The standard InChI is InChI=1S/C17H23F3N2O3/c1-24-15-5-3-14(4-6-15)16(23)22-10-8-21(9-11-22)7-2-12-25-13-17(18,19)20/h3-6H,2,7-13H2,1H3. The molecule has 0 radical (unpaired) electrons. The van der Waals surface area contributed by atoms with Gasteiger partial charge in [0.25, 0.3) is 5.91 Å². The van der Waals surface area contributed by atoms with Gasteiger partial charge in [-0.15, -0.1) is 0 Å². The smallest absolute Gasteiger partial charge is 0.411 e. The average Bonchev–Trinajstić information content (AvgIpc) is 2.60. The maximum Gasteiger partial charge on any atom is 0.411 e. The van der Waals surface area contributed by atoms with Crippen LogP contribution in [0.4, 0.5) is 13.2 Å². The highest BCUT2D eigenvalue weighted by molar-refractivity contribution is 5.94. The van der Waals surface area contributed by atoms with E-state index in [0.717, 1.165) is 0 Å². The predicted molar refractivity (Wildman–Crippen MR) is 86.8 cm³/mol. The van der Waals surface area contributed by atoms with Crippen molar-refractivity contribution in [2.45, 2.75) is 12.6 Å². The summed E-state index contributed by atoms with van der Waals surface area (Å²) in [5.41, 5.74) is 0.620. The van der Waals surface area contributed by atoms with Crippen LogP contribution < -0.4 is 4.74 Å². The van der Waals surface area contributed by atoms with Crippen molar-refractivity contribution in [1.82, 2.24) is 9.80 Å². The van der Waals surface area contributed by atoms with Crippen LogP contribution in [0.5, 0.6) is 5.75 Å². The molecule has 0 spiro atoms. The van der Waals surface area contributed by atoms with Crippen LogP contribution in [0.25, 0.3) is 0 Å². The minimum absolute atomic E-state index is 0.0178. The lowest BCUT2D eigenvalue weighted by atomic mass is 10.1. The fourth-order valence-corrected chi connectivity index (χ4v) is 2.67. The third-order valence-corrected chi connectivity index (χ3v) is 4.03. The molecule has 1 aromatic rings. The first kappa shape index (κ1) is 19.5. The van der Waals surface area contributed by atoms with Gasteiger partial charge in [0, 0.05) is 44.9 Å². The molecule has 1 heterocycles. The summed E-state index contributed by atoms with van der Waals surface area (Å²) in [6.07, 6.45) is -3.73. The Morgan fingerprint density at radius 3 is 2.32 bits per heavy atom. The van der Waals surface area contributed by atoms with Crippen LogP contribution in [0.3, 0.4) is 0 Å². The van der Waals surface area contributed by atoms with E-state index in [9.17, 15) is 18.0 Å². The highest BCUT2D eigenvalue weighted by atomic mass is 19.4. The van der Waals surface area contributed by atoms with Crippen molar-refractivity contribution in [3.63, 3.8) is 0 Å². The zero-order valence-electron chi connectivity index (χ0n) is 14.2. The lowest BCUT2D eigenvalue weighted by Gasteiger charge is -2.34. The topological polar surface area (TPSA) is 42.0 Å². The van der Waals surface area contributed by atoms with E-state index in [1.807, 2.05) is 0 Å². The first-order chi connectivity index (χ1) is 11.9. The second-order valence-electron chi connectivity index (χ2n) is 5.88. The van der Waals surface area contributed by atoms with Gasteiger partial charge in [0.05, 0.1) is 7.11 Å². The minimum Gasteiger partial charge on any atom is -0.497 e. The summed E-state index contributed by atoms with van der Waals surface area (Å²) >= 11 is 0. The van der Waals surface area contributed by atoms with E-state index in [1.165, 1.54) is 0 Å². The van der Waals surface area contributed by atoms with Crippen molar-refractivity contribution in [1.29, 1.82) is 0 Å². The number of halogens is 3. The van der Waals surface area contributed by atoms with Crippen LogP contribution in [0.2, 0.25) is 0 Å². The number of rotatable bonds is 7. The fraction of sp³-hybridized carbons (Fsp3) is 0.588. The molecule has 0 unspecified atom stereocenters. The van der Waals surface area contributed by atoms with Crippen molar-refractivity contribution in [2.75, 3.05) is 53.0 Å². The van der Waals surface area contributed by atoms with E-state index in [0.29, 0.717) is 50.5 Å². The molecule has 140 valence electrons. The third kappa shape index (κ3) is 6.55. The van der Waals surface area contributed by atoms with Gasteiger partial charge in [0.2, 0.25) is 0 Å². The van der Waals surface area contributed by atoms with Crippen LogP contribution in [-0.4, -0.2) is 74.9 Å². The number of amides is 1. The van der Waals surface area contributed by atoms with Crippen molar-refractivity contribution in [3.8, 4) is 5.75 Å². The van der Waals surface area contributed by atoms with Gasteiger partial charge < -0.3 is 14.4 Å². The van der Waals surface area contributed by atoms with E-state index in [1.54, 1.807) is 36.3 Å². The largest absolute Gasteiger partial charge is 0.497 e. The highest BCUT2D eigenvalue weighted by Crippen LogP contribution is 2.15. The van der Waals surface area contributed by atoms with Gasteiger partial charge in [-0.2, -0.15) is 13.2 Å². The summed E-state index contributed by atoms with van der Waals surface area (Å²) in [6.45, 7) is 2.19. The summed E-state index contributed by atoms with van der Waals surface area (Å²) in [7, 11) is 1.57. The molecule has 2 rings (SSSR count). The number of hydrogen-bond donors (Lipinski definition) is 0. The molecule has 1 fully saturated rings. The monoisotopic (exact) mass is 360 g/mol. The number of alkyl halides is 3. The number of hydrogen-bond acceptors (Lipinski definition) is 4. The van der Waals surface area contributed by atoms with Crippen LogP contribution in [0, 0.1) is 0 Å². The summed E-state index contributed by atoms with van der Waals surface area (Å²) in [5.74, 6) is 0.685. The zero-order valence-corrected chi connectivity index (χ0v) is 14.2. The van der Waals surface area contributed by atoms with Gasteiger partial charge in [-0.05, 0) is 30.7 Å². The lowest BCUT2D eigenvalue weighted by Crippen LogP contribution is -2.49. The second-order valence-corrected chi connectivity index (χ2v) is 5.88. The zero-order chi connectivity index (χ0) is 18.3. The molecule has 8 heteroatoms. The minimum atomic E-state index is -4.27. The first-order valence-corrected chi connectivity index (χ1v) is 8.19. The Hall–Kier alpha value is -1.80. The number of carbonyl (C=O) groups is 1. The molecule has 0 N–H and O–H groups in total. The van der Waals surface area contributed by atoms with Gasteiger partial charge >= 0.3 is 6.18 Å². The van der Waals surface area contributed by atoms with E-state index >= 15 is 0 Å². The number of nitrogens with zero attached hydrogens (tertiary/aromatic N) is 2. The quantitative estimate of drug-likeness (QED) is 0.701. The van der Waals surface area contributed by atoms with E-state index in [-0.39, 0.29) is 12.5 Å². The molecular formula is C17H23F3N2O3. The SMILES string of the molecule is COc1ccc(C(=O)N2CCN(CCCOCC(F)(F)F)CC2)cc1. The molecule has 0 bridgehead atoms. The van der Waals surface area contributed by atoms with Gasteiger partial charge in [0.15, 0.2) is 0 Å². The van der Waals surface area contributed by atoms with Crippen molar-refractivity contribution >= 4 is 5.91 Å². The molecule has 0 aromatic heterocycles. The second kappa shape index (κ2) is 9.05. The Balaban J connectivity index is 1.67. The number of ether oxygens (including phenoxy) is 2. The number of piperazine rings is 1. The maximum absolute atomic E-state index is 12.4. The maximum atomic E-state index is 12.4. The van der Waals surface area contributed by atoms with Crippen molar-refractivity contribution < 1.29 is 27.4 Å². The molecule has 1 saturated heterocycles. The fourth-order valence-electron chi connectivity index (χ4n) is 2.67. The van der Waals surface area contributed by atoms with Gasteiger partial charge in [-0.25, -0.2) is 0 Å². The van der Waals surface area contributed by atoms with Crippen LogP contribution in [0.15, 0.2) is 24.3 Å². The molecule has 1 amide bonds. The summed E-state index contributed by atoms with van der Waals surface area (Å²) in [6, 6.07) is 6.99. The molecule has 0 aliphatic carbocycles. The van der Waals surface area contributed by atoms with Gasteiger partial charge in [-0.3, -0.25) is 9.69 Å². The first-order valence-electron chi connectivity index (χ1n) is 8.19. The van der Waals surface area contributed by atoms with Gasteiger partial charge in [0.1, 0.15) is 12.4 Å². The molecule has 0 saturated carbocycles. The number of methoxy groups -OCH3 is 1. The number of carbonyl (C=O) groups excluding carboxylic acids is 1. The molecule has 5 nitrogen and oxygen atoms in total. The molecule has 1 aliphatic heterocycles. The molecular weight excluding hydrogens is 337 g/mol. The van der Waals surface area contributed by atoms with Crippen LogP contribution >= 0.6 is 0 Å². The predicted octanol–water partition coefficient (Wildman–Crippen LogP) is 2.42. The van der Waals surface area contributed by atoms with E-state index in [2.05, 4.69) is 9.64 Å². The lowest BCUT2D eigenvalue weighted by molar-refractivity contribution is -0.174. The molecule has 0 atom stereocenters. The van der Waals surface area contributed by atoms with Crippen LogP contribution in [-0.2, 0) is 4.74 Å². The Labute approximate surface area is 145 Å². The van der Waals surface area contributed by atoms with Crippen molar-refractivity contribution in [2.24, 2.45) is 0 Å². The summed E-state index contributed by atoms with van der Waals surface area (Å²) in [4.78, 5) is 16.4. The number of benzene rings is 1. The Kier molecular flexibility index (Phi) is 7.07. The van der Waals surface area contributed by atoms with Crippen molar-refractivity contribution in [3.05, 3.63) is 29.8 Å². The third-order valence-electron chi connectivity index (χ3n) is 4.03. The van der Waals surface area contributed by atoms with Gasteiger partial charge in [-0.1, -0.05) is 0 Å².